The lowest BCUT2D eigenvalue weighted by atomic mass is 10.0. The average Bonchev–Trinajstić information content (AvgIpc) is 3.47. The van der Waals surface area contributed by atoms with Crippen LogP contribution in [0.5, 0.6) is 0 Å². The van der Waals surface area contributed by atoms with Gasteiger partial charge in [-0.2, -0.15) is 0 Å². The Morgan fingerprint density at radius 3 is 1.23 bits per heavy atom. The minimum Gasteiger partial charge on any atom is -0.310 e. The number of thioether (sulfide) groups is 1. The van der Waals surface area contributed by atoms with Gasteiger partial charge in [0.15, 0.2) is 0 Å². The maximum Gasteiger partial charge on any atom is 0.0540 e. The fraction of sp³-hybridized carbons (Fsp3) is 0.0141. The van der Waals surface area contributed by atoms with Gasteiger partial charge in [-0.25, -0.2) is 0 Å². The van der Waals surface area contributed by atoms with E-state index in [0.29, 0.717) is 0 Å². The number of fused-ring (bicyclic) bond motifs is 3. The van der Waals surface area contributed by atoms with Crippen molar-refractivity contribution in [1.82, 2.24) is 0 Å². The zero-order valence-corrected chi connectivity index (χ0v) is 42.7. The van der Waals surface area contributed by atoms with E-state index in [-0.39, 0.29) is 0 Å². The van der Waals surface area contributed by atoms with Gasteiger partial charge in [-0.05, 0) is 149 Å². The molecule has 11 aromatic rings. The Balaban J connectivity index is 0.958. The van der Waals surface area contributed by atoms with Gasteiger partial charge in [0.1, 0.15) is 0 Å². The molecular weight excluding hydrogens is 927 g/mol. The quantitative estimate of drug-likeness (QED) is 0.0705. The van der Waals surface area contributed by atoms with Crippen molar-refractivity contribution in [3.8, 4) is 11.1 Å². The molecule has 0 amide bonds. The van der Waals surface area contributed by atoms with Crippen LogP contribution in [0.25, 0.3) is 48.3 Å². The molecule has 0 aliphatic heterocycles. The molecule has 0 aromatic heterocycles. The van der Waals surface area contributed by atoms with Crippen molar-refractivity contribution in [3.05, 3.63) is 316 Å². The van der Waals surface area contributed by atoms with Crippen LogP contribution in [0.2, 0.25) is 0 Å². The molecule has 11 rings (SSSR count). The zero-order valence-electron chi connectivity index (χ0n) is 41.9. The molecule has 3 nitrogen and oxygen atoms in total. The van der Waals surface area contributed by atoms with Gasteiger partial charge < -0.3 is 14.7 Å². The predicted molar refractivity (Wildman–Crippen MR) is 326 cm³/mol. The largest absolute Gasteiger partial charge is 0.310 e. The van der Waals surface area contributed by atoms with Crippen molar-refractivity contribution in [3.63, 3.8) is 0 Å². The maximum absolute atomic E-state index is 4.06. The molecule has 11 aromatic carbocycles. The number of benzene rings is 11. The summed E-state index contributed by atoms with van der Waals surface area (Å²) in [6, 6.07) is 91.7. The van der Waals surface area contributed by atoms with Gasteiger partial charge in [0, 0.05) is 60.1 Å². The normalized spacial score (nSPS) is 11.8. The van der Waals surface area contributed by atoms with Crippen LogP contribution in [-0.2, 0) is 0 Å². The summed E-state index contributed by atoms with van der Waals surface area (Å²) in [5.41, 5.74) is 13.0. The number of nitrogens with zero attached hydrogens (tertiary/aromatic N) is 3. The van der Waals surface area contributed by atoms with E-state index in [9.17, 15) is 0 Å². The summed E-state index contributed by atoms with van der Waals surface area (Å²) >= 11 is 1.74. The van der Waals surface area contributed by atoms with Crippen molar-refractivity contribution in [2.24, 2.45) is 0 Å². The van der Waals surface area contributed by atoms with Crippen LogP contribution < -0.4 is 14.7 Å². The Kier molecular flexibility index (Phi) is 14.2. The predicted octanol–water partition coefficient (Wildman–Crippen LogP) is 20.9. The van der Waals surface area contributed by atoms with Crippen molar-refractivity contribution in [2.75, 3.05) is 14.7 Å². The molecule has 0 radical (unpaired) electrons. The molecule has 0 spiro atoms. The first-order chi connectivity index (χ1) is 37.1. The molecule has 360 valence electrons. The highest BCUT2D eigenvalue weighted by Gasteiger charge is 2.21. The summed E-state index contributed by atoms with van der Waals surface area (Å²) in [7, 11) is 0. The highest BCUT2D eigenvalue weighted by Crippen LogP contribution is 2.45. The van der Waals surface area contributed by atoms with E-state index < -0.39 is 0 Å². The van der Waals surface area contributed by atoms with Crippen LogP contribution >= 0.6 is 11.8 Å². The fourth-order valence-electron chi connectivity index (χ4n) is 10.0. The molecule has 0 atom stereocenters. The zero-order chi connectivity index (χ0) is 50.9. The van der Waals surface area contributed by atoms with Crippen LogP contribution in [0.3, 0.4) is 0 Å². The van der Waals surface area contributed by atoms with Crippen LogP contribution in [0.15, 0.2) is 315 Å². The van der Waals surface area contributed by atoms with Crippen molar-refractivity contribution < 1.29 is 0 Å². The second kappa shape index (κ2) is 22.2. The van der Waals surface area contributed by atoms with Gasteiger partial charge in [-0.15, -0.1) is 0 Å². The van der Waals surface area contributed by atoms with E-state index >= 15 is 0 Å². The van der Waals surface area contributed by atoms with Crippen molar-refractivity contribution in [2.45, 2.75) is 11.8 Å². The molecule has 0 heterocycles. The van der Waals surface area contributed by atoms with E-state index in [4.69, 9.17) is 0 Å². The third kappa shape index (κ3) is 10.1. The topological polar surface area (TPSA) is 9.72 Å². The molecule has 0 fully saturated rings. The molecule has 0 unspecified atom stereocenters. The van der Waals surface area contributed by atoms with Gasteiger partial charge in [0.25, 0.3) is 0 Å². The second-order valence-corrected chi connectivity index (χ2v) is 19.3. The highest BCUT2D eigenvalue weighted by molar-refractivity contribution is 8.08. The SMILES string of the molecule is C=C/C=C(\Sc1ccccc1)c1ccc(N(c2ccc(N(c3ccc(-c4ccc(N(C(/C=C\C)=C/C=C)c5cccc6ccccc56)cc4)cc3)c3cccc4ccccc34)cc2)c2cccc3ccccc23)cc1. The molecular formula is C71H55N3S. The number of anilines is 8. The Morgan fingerprint density at radius 2 is 0.760 bits per heavy atom. The van der Waals surface area contributed by atoms with E-state index in [2.05, 4.69) is 314 Å². The minimum absolute atomic E-state index is 1.03. The lowest BCUT2D eigenvalue weighted by Gasteiger charge is -2.30. The van der Waals surface area contributed by atoms with Crippen LogP contribution in [-0.4, -0.2) is 0 Å². The van der Waals surface area contributed by atoms with Crippen LogP contribution in [0.4, 0.5) is 45.5 Å². The third-order valence-electron chi connectivity index (χ3n) is 13.5. The Hall–Kier alpha value is -9.35. The summed E-state index contributed by atoms with van der Waals surface area (Å²) in [5.74, 6) is 0. The molecule has 0 aliphatic carbocycles. The standard InChI is InChI=1S/C71H55N3S/c1-4-19-58(20-5-2)72(68-33-16-25-54-22-10-13-30-65(54)68)59-42-36-52(37-43-59)53-38-44-60(45-39-53)73(69-34-17-26-55-23-11-14-31-66(55)69)62-48-50-63(51-49-62)74(70-35-18-27-56-24-12-15-32-67(56)70)61-46-40-57(41-47-61)71(21-6-3)75-64-28-8-7-9-29-64/h4-51H,1,3H2,2H3/b20-5-,58-19+,71-21-. The Bertz CT molecular complexity index is 3880. The summed E-state index contributed by atoms with van der Waals surface area (Å²) in [5, 5.41) is 7.10. The van der Waals surface area contributed by atoms with Gasteiger partial charge in [-0.3, -0.25) is 0 Å². The molecule has 0 aliphatic rings. The number of hydrogen-bond donors (Lipinski definition) is 0. The smallest absolute Gasteiger partial charge is 0.0540 e. The van der Waals surface area contributed by atoms with Gasteiger partial charge in [0.2, 0.25) is 0 Å². The minimum atomic E-state index is 1.03. The first kappa shape index (κ1) is 47.9. The molecule has 4 heteroatoms. The van der Waals surface area contributed by atoms with E-state index in [1.54, 1.807) is 11.8 Å². The molecule has 0 N–H and O–H groups in total. The Labute approximate surface area is 445 Å². The lowest BCUT2D eigenvalue weighted by molar-refractivity contribution is 1.22. The summed E-state index contributed by atoms with van der Waals surface area (Å²) in [4.78, 5) is 9.39. The van der Waals surface area contributed by atoms with Crippen molar-refractivity contribution in [1.29, 1.82) is 0 Å². The lowest BCUT2D eigenvalue weighted by Crippen LogP contribution is -2.15. The van der Waals surface area contributed by atoms with E-state index in [1.165, 1.54) is 37.2 Å². The first-order valence-corrected chi connectivity index (χ1v) is 26.2. The molecule has 75 heavy (non-hydrogen) atoms. The number of rotatable bonds is 16. The second-order valence-electron chi connectivity index (χ2n) is 18.2. The van der Waals surface area contributed by atoms with Gasteiger partial charge in [0.05, 0.1) is 17.1 Å². The van der Waals surface area contributed by atoms with E-state index in [0.717, 1.165) is 72.8 Å². The highest BCUT2D eigenvalue weighted by atomic mass is 32.2. The molecule has 0 saturated heterocycles. The summed E-state index contributed by atoms with van der Waals surface area (Å²) in [6.07, 6.45) is 12.1. The summed E-state index contributed by atoms with van der Waals surface area (Å²) < 4.78 is 0. The fourth-order valence-corrected chi connectivity index (χ4v) is 11.0. The maximum atomic E-state index is 4.06. The Morgan fingerprint density at radius 1 is 0.373 bits per heavy atom. The molecule has 0 saturated carbocycles. The number of hydrogen-bond acceptors (Lipinski definition) is 4. The summed E-state index contributed by atoms with van der Waals surface area (Å²) in [6.45, 7) is 10.1. The average molecular weight is 982 g/mol. The number of allylic oxidation sites excluding steroid dienone is 6. The monoisotopic (exact) mass is 981 g/mol. The van der Waals surface area contributed by atoms with Crippen molar-refractivity contribution >= 4 is 94.5 Å². The van der Waals surface area contributed by atoms with Gasteiger partial charge >= 0.3 is 0 Å². The van der Waals surface area contributed by atoms with Crippen LogP contribution in [0, 0.1) is 0 Å². The first-order valence-electron chi connectivity index (χ1n) is 25.3. The third-order valence-corrected chi connectivity index (χ3v) is 14.6. The van der Waals surface area contributed by atoms with Gasteiger partial charge in [-0.1, -0.05) is 207 Å². The molecule has 0 bridgehead atoms. The van der Waals surface area contributed by atoms with E-state index in [1.807, 2.05) is 12.2 Å². The van der Waals surface area contributed by atoms with Crippen LogP contribution in [0.1, 0.15) is 12.5 Å².